The lowest BCUT2D eigenvalue weighted by molar-refractivity contribution is 0.520. The molecule has 5 nitrogen and oxygen atoms in total. The minimum atomic E-state index is -3.48. The number of para-hydroxylation sites is 1. The fourth-order valence-electron chi connectivity index (χ4n) is 3.73. The molecule has 0 radical (unpaired) electrons. The van der Waals surface area contributed by atoms with Crippen LogP contribution in [0.15, 0.2) is 53.4 Å². The number of hydrogen-bond acceptors (Lipinski definition) is 3. The lowest BCUT2D eigenvalue weighted by Gasteiger charge is -2.31. The van der Waals surface area contributed by atoms with Crippen molar-refractivity contribution in [2.75, 3.05) is 32.1 Å². The van der Waals surface area contributed by atoms with Gasteiger partial charge in [0.1, 0.15) is 0 Å². The fourth-order valence-corrected chi connectivity index (χ4v) is 4.66. The summed E-state index contributed by atoms with van der Waals surface area (Å²) in [7, 11) is -0.352. The lowest BCUT2D eigenvalue weighted by Crippen LogP contribution is -2.30. The van der Waals surface area contributed by atoms with Crippen molar-refractivity contribution in [2.45, 2.75) is 24.2 Å². The smallest absolute Gasteiger partial charge is 0.242 e. The van der Waals surface area contributed by atoms with Gasteiger partial charge in [-0.25, -0.2) is 12.7 Å². The Bertz CT molecular complexity index is 1030. The second kappa shape index (κ2) is 7.02. The highest BCUT2D eigenvalue weighted by Gasteiger charge is 2.22. The van der Waals surface area contributed by atoms with Crippen LogP contribution in [0.5, 0.6) is 0 Å². The van der Waals surface area contributed by atoms with Crippen LogP contribution in [0.2, 0.25) is 0 Å². The summed E-state index contributed by atoms with van der Waals surface area (Å²) < 4.78 is 26.6. The van der Waals surface area contributed by atoms with E-state index in [0.717, 1.165) is 40.9 Å². The molecule has 4 rings (SSSR count). The largest absolute Gasteiger partial charge is 0.371 e. The standard InChI is InChI=1S/C21H25N3O2S/c1-23(2)27(25,26)17-10-11-21(24-12-6-3-7-13-24)18(15-17)20-14-16-8-4-5-9-19(16)22-20/h4-5,8-11,14-15,22H,3,6-7,12-13H2,1-2H3. The number of fused-ring (bicyclic) bond motifs is 1. The maximum absolute atomic E-state index is 12.7. The van der Waals surface area contributed by atoms with Gasteiger partial charge >= 0.3 is 0 Å². The third-order valence-electron chi connectivity index (χ3n) is 5.26. The molecule has 1 aromatic heterocycles. The van der Waals surface area contributed by atoms with Crippen molar-refractivity contribution in [1.82, 2.24) is 9.29 Å². The van der Waals surface area contributed by atoms with Crippen LogP contribution in [0, 0.1) is 0 Å². The Hall–Kier alpha value is -2.31. The maximum atomic E-state index is 12.7. The van der Waals surface area contributed by atoms with E-state index in [1.54, 1.807) is 20.2 Å². The number of benzene rings is 2. The van der Waals surface area contributed by atoms with Crippen molar-refractivity contribution in [3.05, 3.63) is 48.5 Å². The van der Waals surface area contributed by atoms with Crippen molar-refractivity contribution >= 4 is 26.6 Å². The first kappa shape index (κ1) is 18.1. The quantitative estimate of drug-likeness (QED) is 0.739. The first-order valence-electron chi connectivity index (χ1n) is 9.36. The highest BCUT2D eigenvalue weighted by atomic mass is 32.2. The number of rotatable bonds is 4. The van der Waals surface area contributed by atoms with Crippen LogP contribution < -0.4 is 4.90 Å². The van der Waals surface area contributed by atoms with E-state index < -0.39 is 10.0 Å². The number of hydrogen-bond donors (Lipinski definition) is 1. The molecule has 27 heavy (non-hydrogen) atoms. The van der Waals surface area contributed by atoms with Gasteiger partial charge < -0.3 is 9.88 Å². The highest BCUT2D eigenvalue weighted by molar-refractivity contribution is 7.89. The highest BCUT2D eigenvalue weighted by Crippen LogP contribution is 2.36. The second-order valence-corrected chi connectivity index (χ2v) is 9.44. The van der Waals surface area contributed by atoms with Crippen molar-refractivity contribution in [2.24, 2.45) is 0 Å². The molecule has 0 spiro atoms. The number of H-pyrrole nitrogens is 1. The topological polar surface area (TPSA) is 56.4 Å². The number of sulfonamides is 1. The fraction of sp³-hybridized carbons (Fsp3) is 0.333. The summed E-state index contributed by atoms with van der Waals surface area (Å²) in [5, 5.41) is 1.12. The van der Waals surface area contributed by atoms with Gasteiger partial charge in [-0.2, -0.15) is 0 Å². The monoisotopic (exact) mass is 383 g/mol. The molecule has 0 amide bonds. The summed E-state index contributed by atoms with van der Waals surface area (Å²) in [5.41, 5.74) is 4.04. The van der Waals surface area contributed by atoms with Gasteiger partial charge in [0, 0.05) is 55.0 Å². The Balaban J connectivity index is 1.89. The first-order chi connectivity index (χ1) is 13.0. The van der Waals surface area contributed by atoms with E-state index >= 15 is 0 Å². The number of aromatic amines is 1. The molecule has 3 aromatic rings. The van der Waals surface area contributed by atoms with E-state index in [1.807, 2.05) is 30.3 Å². The van der Waals surface area contributed by atoms with Gasteiger partial charge in [-0.15, -0.1) is 0 Å². The molecule has 6 heteroatoms. The van der Waals surface area contributed by atoms with Crippen molar-refractivity contribution in [3.63, 3.8) is 0 Å². The van der Waals surface area contributed by atoms with Gasteiger partial charge in [0.15, 0.2) is 0 Å². The predicted octanol–water partition coefficient (Wildman–Crippen LogP) is 4.08. The van der Waals surface area contributed by atoms with Gasteiger partial charge in [0.25, 0.3) is 0 Å². The second-order valence-electron chi connectivity index (χ2n) is 7.28. The van der Waals surface area contributed by atoms with E-state index in [2.05, 4.69) is 22.0 Å². The molecule has 1 fully saturated rings. The average Bonchev–Trinajstić information content (AvgIpc) is 3.12. The Morgan fingerprint density at radius 3 is 2.41 bits per heavy atom. The Labute approximate surface area is 160 Å². The molecule has 0 unspecified atom stereocenters. The number of nitrogens with zero attached hydrogens (tertiary/aromatic N) is 2. The predicted molar refractivity (Wildman–Crippen MR) is 111 cm³/mol. The van der Waals surface area contributed by atoms with Gasteiger partial charge in [0.2, 0.25) is 10.0 Å². The van der Waals surface area contributed by atoms with Crippen molar-refractivity contribution < 1.29 is 8.42 Å². The van der Waals surface area contributed by atoms with Crippen LogP contribution >= 0.6 is 0 Å². The molecular weight excluding hydrogens is 358 g/mol. The van der Waals surface area contributed by atoms with E-state index in [1.165, 1.54) is 23.6 Å². The molecule has 1 aliphatic heterocycles. The molecule has 1 saturated heterocycles. The van der Waals surface area contributed by atoms with Crippen LogP contribution in [0.3, 0.4) is 0 Å². The summed E-state index contributed by atoms with van der Waals surface area (Å²) in [6, 6.07) is 15.7. The lowest BCUT2D eigenvalue weighted by atomic mass is 10.0. The SMILES string of the molecule is CN(C)S(=O)(=O)c1ccc(N2CCCCC2)c(-c2cc3ccccc3[nH]2)c1. The first-order valence-corrected chi connectivity index (χ1v) is 10.8. The molecule has 1 N–H and O–H groups in total. The van der Waals surface area contributed by atoms with Crippen LogP contribution in [0.1, 0.15) is 19.3 Å². The molecule has 0 aliphatic carbocycles. The zero-order valence-corrected chi connectivity index (χ0v) is 16.6. The van der Waals surface area contributed by atoms with Crippen LogP contribution in [0.4, 0.5) is 5.69 Å². The molecule has 0 saturated carbocycles. The summed E-state index contributed by atoms with van der Waals surface area (Å²) >= 11 is 0. The summed E-state index contributed by atoms with van der Waals surface area (Å²) in [6.07, 6.45) is 3.60. The third kappa shape index (κ3) is 3.35. The molecule has 142 valence electrons. The van der Waals surface area contributed by atoms with Gasteiger partial charge in [0.05, 0.1) is 4.90 Å². The maximum Gasteiger partial charge on any atom is 0.242 e. The third-order valence-corrected chi connectivity index (χ3v) is 7.07. The molecule has 1 aliphatic rings. The Morgan fingerprint density at radius 2 is 1.70 bits per heavy atom. The number of anilines is 1. The van der Waals surface area contributed by atoms with E-state index in [4.69, 9.17) is 0 Å². The molecule has 0 bridgehead atoms. The van der Waals surface area contributed by atoms with Crippen LogP contribution in [-0.2, 0) is 10.0 Å². The molecular formula is C21H25N3O2S. The van der Waals surface area contributed by atoms with E-state index in [-0.39, 0.29) is 0 Å². The molecule has 0 atom stereocenters. The Kier molecular flexibility index (Phi) is 4.70. The van der Waals surface area contributed by atoms with Crippen LogP contribution in [-0.4, -0.2) is 44.9 Å². The van der Waals surface area contributed by atoms with E-state index in [9.17, 15) is 8.42 Å². The van der Waals surface area contributed by atoms with E-state index in [0.29, 0.717) is 4.90 Å². The normalized spacial score (nSPS) is 15.6. The van der Waals surface area contributed by atoms with Crippen molar-refractivity contribution in [3.8, 4) is 11.3 Å². The Morgan fingerprint density at radius 1 is 0.963 bits per heavy atom. The van der Waals surface area contributed by atoms with Gasteiger partial charge in [-0.1, -0.05) is 18.2 Å². The zero-order valence-electron chi connectivity index (χ0n) is 15.8. The van der Waals surface area contributed by atoms with Gasteiger partial charge in [-0.3, -0.25) is 0 Å². The van der Waals surface area contributed by atoms with Crippen molar-refractivity contribution in [1.29, 1.82) is 0 Å². The van der Waals surface area contributed by atoms with Gasteiger partial charge in [-0.05, 0) is 49.6 Å². The number of nitrogens with one attached hydrogen (secondary N) is 1. The average molecular weight is 384 g/mol. The number of aromatic nitrogens is 1. The zero-order chi connectivity index (χ0) is 19.0. The van der Waals surface area contributed by atoms with Crippen LogP contribution in [0.25, 0.3) is 22.2 Å². The number of piperidine rings is 1. The minimum Gasteiger partial charge on any atom is -0.371 e. The molecule has 2 heterocycles. The summed E-state index contributed by atoms with van der Waals surface area (Å²) in [4.78, 5) is 6.16. The minimum absolute atomic E-state index is 0.321. The summed E-state index contributed by atoms with van der Waals surface area (Å²) in [6.45, 7) is 2.01. The molecule has 2 aromatic carbocycles. The summed E-state index contributed by atoms with van der Waals surface area (Å²) in [5.74, 6) is 0.